The maximum atomic E-state index is 13.0. The van der Waals surface area contributed by atoms with Gasteiger partial charge >= 0.3 is 0 Å². The molecule has 1 aliphatic rings. The molecule has 0 aromatic heterocycles. The predicted molar refractivity (Wildman–Crippen MR) is 41.8 cm³/mol. The molecular formula is C8H10ClF. The van der Waals surface area contributed by atoms with Crippen molar-refractivity contribution >= 4 is 11.6 Å². The van der Waals surface area contributed by atoms with E-state index in [9.17, 15) is 4.39 Å². The summed E-state index contributed by atoms with van der Waals surface area (Å²) in [4.78, 5) is 0. The normalized spacial score (nSPS) is 33.2. The van der Waals surface area contributed by atoms with Crippen molar-refractivity contribution in [1.82, 2.24) is 0 Å². The minimum Gasteiger partial charge on any atom is -0.241 e. The fourth-order valence-electron chi connectivity index (χ4n) is 0.924. The van der Waals surface area contributed by atoms with Crippen LogP contribution in [0.15, 0.2) is 22.8 Å². The molecule has 0 spiro atoms. The Morgan fingerprint density at radius 3 is 2.60 bits per heavy atom. The Kier molecular flexibility index (Phi) is 2.14. The summed E-state index contributed by atoms with van der Waals surface area (Å²) in [6, 6.07) is 0. The summed E-state index contributed by atoms with van der Waals surface area (Å²) >= 11 is 5.57. The first-order chi connectivity index (χ1) is 4.63. The van der Waals surface area contributed by atoms with Crippen molar-refractivity contribution in [3.8, 4) is 0 Å². The fourth-order valence-corrected chi connectivity index (χ4v) is 1.18. The third kappa shape index (κ3) is 1.24. The number of hydrogen-bond donors (Lipinski definition) is 0. The lowest BCUT2D eigenvalue weighted by molar-refractivity contribution is 0.317. The molecule has 2 unspecified atom stereocenters. The lowest BCUT2D eigenvalue weighted by Gasteiger charge is -2.19. The van der Waals surface area contributed by atoms with Crippen LogP contribution in [0.25, 0.3) is 0 Å². The third-order valence-electron chi connectivity index (χ3n) is 1.93. The maximum absolute atomic E-state index is 13.0. The van der Waals surface area contributed by atoms with Crippen LogP contribution in [0.5, 0.6) is 0 Å². The van der Waals surface area contributed by atoms with Gasteiger partial charge in [-0.25, -0.2) is 4.39 Å². The first-order valence-corrected chi connectivity index (χ1v) is 3.68. The van der Waals surface area contributed by atoms with Crippen molar-refractivity contribution in [2.24, 2.45) is 5.92 Å². The highest BCUT2D eigenvalue weighted by Gasteiger charge is 2.23. The van der Waals surface area contributed by atoms with Gasteiger partial charge in [0.25, 0.3) is 0 Å². The van der Waals surface area contributed by atoms with Gasteiger partial charge in [-0.3, -0.25) is 0 Å². The van der Waals surface area contributed by atoms with Crippen LogP contribution in [0.2, 0.25) is 0 Å². The highest BCUT2D eigenvalue weighted by Crippen LogP contribution is 2.29. The van der Waals surface area contributed by atoms with E-state index in [1.54, 1.807) is 6.08 Å². The average molecular weight is 161 g/mol. The van der Waals surface area contributed by atoms with Crippen LogP contribution in [0, 0.1) is 5.92 Å². The monoisotopic (exact) mass is 160 g/mol. The molecule has 2 atom stereocenters. The molecule has 0 N–H and O–H groups in total. The molecule has 0 aromatic carbocycles. The molecule has 0 aliphatic heterocycles. The second-order valence-corrected chi connectivity index (χ2v) is 3.09. The molecule has 0 amide bonds. The minimum atomic E-state index is -0.994. The molecule has 0 nitrogen and oxygen atoms in total. The van der Waals surface area contributed by atoms with E-state index in [0.29, 0.717) is 5.03 Å². The second-order valence-electron chi connectivity index (χ2n) is 2.65. The topological polar surface area (TPSA) is 0 Å². The Hall–Kier alpha value is -0.300. The summed E-state index contributed by atoms with van der Waals surface area (Å²) in [6.07, 6.45) is 2.50. The van der Waals surface area contributed by atoms with E-state index in [1.165, 1.54) is 0 Å². The number of halogens is 2. The van der Waals surface area contributed by atoms with E-state index >= 15 is 0 Å². The molecule has 1 aliphatic carbocycles. The third-order valence-corrected chi connectivity index (χ3v) is 2.26. The van der Waals surface area contributed by atoms with Crippen LogP contribution >= 0.6 is 11.6 Å². The minimum absolute atomic E-state index is 0.0579. The molecule has 0 heterocycles. The Morgan fingerprint density at radius 1 is 1.50 bits per heavy atom. The van der Waals surface area contributed by atoms with Gasteiger partial charge in [-0.15, -0.1) is 0 Å². The molecule has 56 valence electrons. The highest BCUT2D eigenvalue weighted by molar-refractivity contribution is 6.30. The lowest BCUT2D eigenvalue weighted by atomic mass is 9.93. The van der Waals surface area contributed by atoms with Gasteiger partial charge in [0.05, 0.1) is 5.03 Å². The largest absolute Gasteiger partial charge is 0.241 e. The summed E-state index contributed by atoms with van der Waals surface area (Å²) in [5, 5.41) is 0.318. The molecule has 0 saturated heterocycles. The number of hydrogen-bond acceptors (Lipinski definition) is 0. The number of rotatable bonds is 0. The molecule has 0 bridgehead atoms. The van der Waals surface area contributed by atoms with Gasteiger partial charge < -0.3 is 0 Å². The number of alkyl halides is 1. The quantitative estimate of drug-likeness (QED) is 0.511. The average Bonchev–Trinajstić information content (AvgIpc) is 1.93. The van der Waals surface area contributed by atoms with Crippen LogP contribution in [0.3, 0.4) is 0 Å². The van der Waals surface area contributed by atoms with Crippen molar-refractivity contribution in [2.45, 2.75) is 20.0 Å². The molecule has 0 aromatic rings. The summed E-state index contributed by atoms with van der Waals surface area (Å²) in [5.41, 5.74) is 1.05. The Labute approximate surface area is 65.4 Å². The SMILES string of the molecule is CC1=CC=C(Cl)C(F)C1C. The fraction of sp³-hybridized carbons (Fsp3) is 0.500. The molecule has 0 fully saturated rings. The van der Waals surface area contributed by atoms with E-state index in [1.807, 2.05) is 19.9 Å². The molecule has 2 heteroatoms. The van der Waals surface area contributed by atoms with Gasteiger partial charge in [0.1, 0.15) is 6.17 Å². The van der Waals surface area contributed by atoms with E-state index in [0.717, 1.165) is 5.57 Å². The molecule has 0 radical (unpaired) electrons. The van der Waals surface area contributed by atoms with Crippen LogP contribution in [0.4, 0.5) is 4.39 Å². The molecule has 1 rings (SSSR count). The van der Waals surface area contributed by atoms with Crippen molar-refractivity contribution < 1.29 is 4.39 Å². The summed E-state index contributed by atoms with van der Waals surface area (Å²) in [6.45, 7) is 3.75. The predicted octanol–water partition coefficient (Wildman–Crippen LogP) is 3.04. The zero-order valence-corrected chi connectivity index (χ0v) is 6.82. The molecule has 0 saturated carbocycles. The van der Waals surface area contributed by atoms with Crippen molar-refractivity contribution in [3.63, 3.8) is 0 Å². The van der Waals surface area contributed by atoms with Crippen LogP contribution in [-0.2, 0) is 0 Å². The Morgan fingerprint density at radius 2 is 2.10 bits per heavy atom. The van der Waals surface area contributed by atoms with Gasteiger partial charge in [0, 0.05) is 5.92 Å². The van der Waals surface area contributed by atoms with Gasteiger partial charge in [-0.2, -0.15) is 0 Å². The van der Waals surface area contributed by atoms with Crippen LogP contribution < -0.4 is 0 Å². The Balaban J connectivity index is 2.86. The van der Waals surface area contributed by atoms with Gasteiger partial charge in [0.2, 0.25) is 0 Å². The van der Waals surface area contributed by atoms with Gasteiger partial charge in [0.15, 0.2) is 0 Å². The maximum Gasteiger partial charge on any atom is 0.142 e. The summed E-state index contributed by atoms with van der Waals surface area (Å²) in [5.74, 6) is -0.0579. The van der Waals surface area contributed by atoms with Crippen LogP contribution in [0.1, 0.15) is 13.8 Å². The van der Waals surface area contributed by atoms with Crippen LogP contribution in [-0.4, -0.2) is 6.17 Å². The lowest BCUT2D eigenvalue weighted by Crippen LogP contribution is -2.16. The Bertz CT molecular complexity index is 171. The highest BCUT2D eigenvalue weighted by atomic mass is 35.5. The van der Waals surface area contributed by atoms with Crippen molar-refractivity contribution in [1.29, 1.82) is 0 Å². The molecular weight excluding hydrogens is 151 g/mol. The van der Waals surface area contributed by atoms with Crippen molar-refractivity contribution in [2.75, 3.05) is 0 Å². The number of allylic oxidation sites excluding steroid dienone is 4. The zero-order chi connectivity index (χ0) is 7.72. The van der Waals surface area contributed by atoms with Gasteiger partial charge in [-0.05, 0) is 13.0 Å². The standard InChI is InChI=1S/C8H10ClF/c1-5-3-4-7(9)8(10)6(5)2/h3-4,6,8H,1-2H3. The summed E-state index contributed by atoms with van der Waals surface area (Å²) in [7, 11) is 0. The van der Waals surface area contributed by atoms with E-state index < -0.39 is 6.17 Å². The molecule has 10 heavy (non-hydrogen) atoms. The van der Waals surface area contributed by atoms with E-state index in [2.05, 4.69) is 0 Å². The summed E-state index contributed by atoms with van der Waals surface area (Å²) < 4.78 is 13.0. The first-order valence-electron chi connectivity index (χ1n) is 3.31. The van der Waals surface area contributed by atoms with E-state index in [-0.39, 0.29) is 5.92 Å². The van der Waals surface area contributed by atoms with Gasteiger partial charge in [-0.1, -0.05) is 30.2 Å². The van der Waals surface area contributed by atoms with Crippen molar-refractivity contribution in [3.05, 3.63) is 22.8 Å². The zero-order valence-electron chi connectivity index (χ0n) is 6.07. The smallest absolute Gasteiger partial charge is 0.142 e. The van der Waals surface area contributed by atoms with E-state index in [4.69, 9.17) is 11.6 Å². The second kappa shape index (κ2) is 2.75. The first kappa shape index (κ1) is 7.80.